The molecule has 0 aliphatic carbocycles. The van der Waals surface area contributed by atoms with Crippen LogP contribution >= 0.6 is 22.9 Å². The van der Waals surface area contributed by atoms with Crippen LogP contribution in [0.2, 0.25) is 4.34 Å². The summed E-state index contributed by atoms with van der Waals surface area (Å²) in [6.45, 7) is 3.74. The van der Waals surface area contributed by atoms with Gasteiger partial charge in [0.25, 0.3) is 0 Å². The standard InChI is InChI=1S/C14H15ClFNS/c1-8-5-4-6-10(12(8)16)13(17-3)11-7-9(2)14(15)18-11/h4-7,13,17H,1-3H3. The topological polar surface area (TPSA) is 12.0 Å². The Balaban J connectivity index is 2.48. The second-order valence-electron chi connectivity index (χ2n) is 4.31. The first-order chi connectivity index (χ1) is 8.54. The maximum Gasteiger partial charge on any atom is 0.131 e. The lowest BCUT2D eigenvalue weighted by Gasteiger charge is -2.16. The molecule has 1 aromatic heterocycles. The minimum atomic E-state index is -0.154. The fourth-order valence-electron chi connectivity index (χ4n) is 1.97. The molecule has 2 aromatic rings. The van der Waals surface area contributed by atoms with E-state index in [0.717, 1.165) is 14.8 Å². The van der Waals surface area contributed by atoms with Gasteiger partial charge in [-0.1, -0.05) is 29.8 Å². The van der Waals surface area contributed by atoms with Gasteiger partial charge in [0.1, 0.15) is 5.82 Å². The zero-order valence-electron chi connectivity index (χ0n) is 10.6. The van der Waals surface area contributed by atoms with E-state index in [1.54, 1.807) is 13.0 Å². The van der Waals surface area contributed by atoms with Crippen LogP contribution in [0.4, 0.5) is 4.39 Å². The summed E-state index contributed by atoms with van der Waals surface area (Å²) >= 11 is 7.58. The molecule has 0 saturated carbocycles. The lowest BCUT2D eigenvalue weighted by Crippen LogP contribution is -2.18. The molecule has 1 atom stereocenters. The molecule has 0 bridgehead atoms. The number of aryl methyl sites for hydroxylation is 2. The van der Waals surface area contributed by atoms with E-state index in [2.05, 4.69) is 5.32 Å². The van der Waals surface area contributed by atoms with E-state index in [1.165, 1.54) is 11.3 Å². The van der Waals surface area contributed by atoms with Gasteiger partial charge >= 0.3 is 0 Å². The van der Waals surface area contributed by atoms with Crippen LogP contribution in [0, 0.1) is 19.7 Å². The number of halogens is 2. The lowest BCUT2D eigenvalue weighted by atomic mass is 10.0. The highest BCUT2D eigenvalue weighted by atomic mass is 35.5. The predicted octanol–water partition coefficient (Wildman–Crippen LogP) is 4.47. The van der Waals surface area contributed by atoms with Crippen LogP contribution < -0.4 is 5.32 Å². The van der Waals surface area contributed by atoms with Crippen LogP contribution in [0.5, 0.6) is 0 Å². The van der Waals surface area contributed by atoms with Crippen LogP contribution in [0.15, 0.2) is 24.3 Å². The first kappa shape index (κ1) is 13.5. The Kier molecular flexibility index (Phi) is 4.05. The zero-order chi connectivity index (χ0) is 13.3. The molecule has 0 amide bonds. The fraction of sp³-hybridized carbons (Fsp3) is 0.286. The highest BCUT2D eigenvalue weighted by Gasteiger charge is 2.19. The molecule has 0 fully saturated rings. The van der Waals surface area contributed by atoms with Gasteiger partial charge in [-0.15, -0.1) is 11.3 Å². The van der Waals surface area contributed by atoms with E-state index in [1.807, 2.05) is 32.2 Å². The van der Waals surface area contributed by atoms with Crippen LogP contribution in [0.1, 0.15) is 27.6 Å². The maximum absolute atomic E-state index is 14.2. The highest BCUT2D eigenvalue weighted by Crippen LogP contribution is 2.35. The van der Waals surface area contributed by atoms with Crippen molar-refractivity contribution in [3.05, 3.63) is 56.0 Å². The molecular formula is C14H15ClFNS. The average molecular weight is 284 g/mol. The summed E-state index contributed by atoms with van der Waals surface area (Å²) in [4.78, 5) is 1.03. The Morgan fingerprint density at radius 3 is 2.56 bits per heavy atom. The quantitative estimate of drug-likeness (QED) is 0.876. The molecule has 0 radical (unpaired) electrons. The monoisotopic (exact) mass is 283 g/mol. The van der Waals surface area contributed by atoms with Crippen molar-refractivity contribution < 1.29 is 4.39 Å². The van der Waals surface area contributed by atoms with Gasteiger partial charge in [0.2, 0.25) is 0 Å². The van der Waals surface area contributed by atoms with Gasteiger partial charge < -0.3 is 5.32 Å². The van der Waals surface area contributed by atoms with E-state index >= 15 is 0 Å². The third-order valence-corrected chi connectivity index (χ3v) is 4.60. The summed E-state index contributed by atoms with van der Waals surface area (Å²) in [6.07, 6.45) is 0. The van der Waals surface area contributed by atoms with E-state index in [4.69, 9.17) is 11.6 Å². The van der Waals surface area contributed by atoms with Crippen molar-refractivity contribution in [2.75, 3.05) is 7.05 Å². The van der Waals surface area contributed by atoms with Crippen molar-refractivity contribution in [3.8, 4) is 0 Å². The number of hydrogen-bond donors (Lipinski definition) is 1. The van der Waals surface area contributed by atoms with Gasteiger partial charge in [-0.2, -0.15) is 0 Å². The summed E-state index contributed by atoms with van der Waals surface area (Å²) in [5.74, 6) is -0.154. The summed E-state index contributed by atoms with van der Waals surface area (Å²) in [6, 6.07) is 7.32. The molecule has 2 rings (SSSR count). The first-order valence-electron chi connectivity index (χ1n) is 5.72. The number of rotatable bonds is 3. The van der Waals surface area contributed by atoms with Gasteiger partial charge in [-0.25, -0.2) is 4.39 Å². The van der Waals surface area contributed by atoms with E-state index in [9.17, 15) is 4.39 Å². The maximum atomic E-state index is 14.2. The number of nitrogens with one attached hydrogen (secondary N) is 1. The van der Waals surface area contributed by atoms with Crippen molar-refractivity contribution in [1.82, 2.24) is 5.32 Å². The van der Waals surface area contributed by atoms with Crippen molar-refractivity contribution in [2.45, 2.75) is 19.9 Å². The Morgan fingerprint density at radius 1 is 1.28 bits per heavy atom. The minimum absolute atomic E-state index is 0.152. The van der Waals surface area contributed by atoms with E-state index in [0.29, 0.717) is 11.1 Å². The minimum Gasteiger partial charge on any atom is -0.309 e. The molecule has 1 aromatic carbocycles. The Bertz CT molecular complexity index is 545. The van der Waals surface area contributed by atoms with Crippen molar-refractivity contribution in [3.63, 3.8) is 0 Å². The van der Waals surface area contributed by atoms with E-state index in [-0.39, 0.29) is 11.9 Å². The van der Waals surface area contributed by atoms with Gasteiger partial charge in [-0.05, 0) is 38.1 Å². The Labute approximate surface area is 116 Å². The van der Waals surface area contributed by atoms with Gasteiger partial charge in [0.05, 0.1) is 10.4 Å². The van der Waals surface area contributed by atoms with Crippen LogP contribution in [-0.4, -0.2) is 7.05 Å². The summed E-state index contributed by atoms with van der Waals surface area (Å²) in [5, 5.41) is 3.16. The Morgan fingerprint density at radius 2 is 2.00 bits per heavy atom. The van der Waals surface area contributed by atoms with E-state index < -0.39 is 0 Å². The predicted molar refractivity (Wildman–Crippen MR) is 76.1 cm³/mol. The molecule has 0 spiro atoms. The first-order valence-corrected chi connectivity index (χ1v) is 6.92. The zero-order valence-corrected chi connectivity index (χ0v) is 12.1. The van der Waals surface area contributed by atoms with Crippen LogP contribution in [-0.2, 0) is 0 Å². The lowest BCUT2D eigenvalue weighted by molar-refractivity contribution is 0.572. The fourth-order valence-corrected chi connectivity index (χ4v) is 3.32. The molecule has 0 aliphatic rings. The summed E-state index contributed by atoms with van der Waals surface area (Å²) in [7, 11) is 1.83. The van der Waals surface area contributed by atoms with Crippen LogP contribution in [0.25, 0.3) is 0 Å². The molecule has 0 aliphatic heterocycles. The van der Waals surface area contributed by atoms with Gasteiger partial charge in [-0.3, -0.25) is 0 Å². The van der Waals surface area contributed by atoms with Crippen LogP contribution in [0.3, 0.4) is 0 Å². The summed E-state index contributed by atoms with van der Waals surface area (Å²) < 4.78 is 14.9. The van der Waals surface area contributed by atoms with Gasteiger partial charge in [0.15, 0.2) is 0 Å². The molecule has 18 heavy (non-hydrogen) atoms. The number of thiophene rings is 1. The number of benzene rings is 1. The summed E-state index contributed by atoms with van der Waals surface area (Å²) in [5.41, 5.74) is 2.35. The highest BCUT2D eigenvalue weighted by molar-refractivity contribution is 7.16. The Hall–Kier alpha value is -0.900. The molecule has 1 unspecified atom stereocenters. The third-order valence-electron chi connectivity index (χ3n) is 2.98. The number of hydrogen-bond acceptors (Lipinski definition) is 2. The second-order valence-corrected chi connectivity index (χ2v) is 5.99. The van der Waals surface area contributed by atoms with Crippen molar-refractivity contribution in [2.24, 2.45) is 0 Å². The smallest absolute Gasteiger partial charge is 0.131 e. The van der Waals surface area contributed by atoms with Crippen molar-refractivity contribution in [1.29, 1.82) is 0 Å². The normalized spacial score (nSPS) is 12.7. The molecule has 1 heterocycles. The van der Waals surface area contributed by atoms with Gasteiger partial charge in [0, 0.05) is 10.4 Å². The molecule has 0 saturated heterocycles. The third kappa shape index (κ3) is 2.44. The molecule has 1 N–H and O–H groups in total. The SMILES string of the molecule is CNC(c1cc(C)c(Cl)s1)c1cccc(C)c1F. The second kappa shape index (κ2) is 5.39. The average Bonchev–Trinajstić information content (AvgIpc) is 2.66. The molecule has 96 valence electrons. The molecular weight excluding hydrogens is 269 g/mol. The van der Waals surface area contributed by atoms with Crippen molar-refractivity contribution >= 4 is 22.9 Å². The largest absolute Gasteiger partial charge is 0.309 e. The molecule has 4 heteroatoms. The molecule has 1 nitrogen and oxygen atoms in total.